The van der Waals surface area contributed by atoms with Crippen LogP contribution in [-0.2, 0) is 25.5 Å². The molecule has 6 rings (SSSR count). The number of amides is 2. The molecule has 0 spiro atoms. The second-order valence-electron chi connectivity index (χ2n) is 18.6. The number of amidine groups is 1. The molecule has 2 amide bonds. The van der Waals surface area contributed by atoms with Crippen LogP contribution in [0, 0.1) is 30.6 Å². The Hall–Kier alpha value is -5.98. The molecule has 1 saturated heterocycles. The van der Waals surface area contributed by atoms with Crippen LogP contribution in [0.2, 0.25) is 0 Å². The van der Waals surface area contributed by atoms with Crippen molar-refractivity contribution in [3.8, 4) is 11.1 Å². The number of hydrogen-bond acceptors (Lipinski definition) is 10. The van der Waals surface area contributed by atoms with Crippen LogP contribution >= 0.6 is 0 Å². The average molecular weight is 957 g/mol. The van der Waals surface area contributed by atoms with Gasteiger partial charge in [0.05, 0.1) is 6.54 Å². The number of halogens is 6. The minimum absolute atomic E-state index is 0.00740. The fourth-order valence-corrected chi connectivity index (χ4v) is 8.47. The number of ether oxygens (including phenoxy) is 1. The van der Waals surface area contributed by atoms with Crippen LogP contribution in [0.4, 0.5) is 36.8 Å². The number of aliphatic imine (C=N–C) groups is 1. The molecule has 368 valence electrons. The first-order valence-electron chi connectivity index (χ1n) is 22.6. The molecule has 3 aromatic rings. The van der Waals surface area contributed by atoms with E-state index < -0.39 is 42.5 Å². The fourth-order valence-electron chi connectivity index (χ4n) is 8.47. The highest BCUT2D eigenvalue weighted by atomic mass is 19.4. The first-order valence-corrected chi connectivity index (χ1v) is 22.6. The number of alkyl halides is 6. The molecule has 1 saturated carbocycles. The van der Waals surface area contributed by atoms with E-state index in [1.165, 1.54) is 4.90 Å². The number of carboxylic acid groups (broad SMARTS) is 1. The van der Waals surface area contributed by atoms with Crippen LogP contribution < -0.4 is 10.6 Å². The molecular weight excluding hydrogens is 899 g/mol. The van der Waals surface area contributed by atoms with Crippen LogP contribution in [0.15, 0.2) is 82.0 Å². The Bertz CT molecular complexity index is 2290. The molecule has 68 heavy (non-hydrogen) atoms. The number of rotatable bonds is 15. The number of alkyl carbamates (subject to hydrolysis) is 1. The standard InChI is InChI=1S/C47H57F3N6O5.C2HF3O2/c1-30-23-37(41(57)25-32-19-21-56(22-20-32)28-47(48,49)50)15-18-40(30)34-9-5-31(6-10-34)24-38(44(59)54-39-16-13-36(14-17-39)43-52-29-53-55-43)26-42(58)35-11-7-33(8-12-35)27-51-45(60)61-46(2,3)4;3-2(4,5)1(6)7/h5-6,9-10,13-18,23,32-33,35,38H,7-8,11-12,19-22,24-29H2,1-4H3,(H,51,60)(H,54,59);(H,6,7)/t33?,35?,38-;/m1./s1. The van der Waals surface area contributed by atoms with E-state index in [2.05, 4.69) is 25.9 Å². The summed E-state index contributed by atoms with van der Waals surface area (Å²) in [5.74, 6) is -2.88. The van der Waals surface area contributed by atoms with Gasteiger partial charge in [0, 0.05) is 48.0 Å². The predicted molar refractivity (Wildman–Crippen MR) is 242 cm³/mol. The predicted octanol–water partition coefficient (Wildman–Crippen LogP) is 10.4. The summed E-state index contributed by atoms with van der Waals surface area (Å²) in [4.78, 5) is 67.7. The molecule has 0 radical (unpaired) electrons. The van der Waals surface area contributed by atoms with Crippen LogP contribution in [0.3, 0.4) is 0 Å². The Labute approximate surface area is 391 Å². The number of carbonyl (C=O) groups excluding carboxylic acids is 4. The van der Waals surface area contributed by atoms with Gasteiger partial charge in [0.2, 0.25) is 5.91 Å². The first-order chi connectivity index (χ1) is 31.9. The molecule has 1 aliphatic carbocycles. The van der Waals surface area contributed by atoms with Crippen LogP contribution in [-0.4, -0.2) is 96.2 Å². The summed E-state index contributed by atoms with van der Waals surface area (Å²) < 4.78 is 75.5. The largest absolute Gasteiger partial charge is 0.490 e. The van der Waals surface area contributed by atoms with Crippen molar-refractivity contribution in [2.75, 3.05) is 38.2 Å². The Balaban J connectivity index is 0.00000114. The number of aryl methyl sites for hydroxylation is 1. The molecule has 0 aromatic heterocycles. The summed E-state index contributed by atoms with van der Waals surface area (Å²) in [6, 6.07) is 20.8. The van der Waals surface area contributed by atoms with Crippen LogP contribution in [0.25, 0.3) is 11.1 Å². The number of Topliss-reactive ketones (excluding diaryl/α,β-unsaturated/α-hetero) is 2. The number of carbonyl (C=O) groups is 5. The maximum Gasteiger partial charge on any atom is 0.490 e. The lowest BCUT2D eigenvalue weighted by Crippen LogP contribution is -2.40. The molecule has 0 unspecified atom stereocenters. The summed E-state index contributed by atoms with van der Waals surface area (Å²) >= 11 is 0. The van der Waals surface area contributed by atoms with Crippen molar-refractivity contribution in [2.24, 2.45) is 38.9 Å². The number of piperidine rings is 1. The first kappa shape index (κ1) is 53.0. The van der Waals surface area contributed by atoms with E-state index in [9.17, 15) is 45.5 Å². The SMILES string of the molecule is Cc1cc(C(=O)CC2CCN(CC(F)(F)F)CC2)ccc1-c1ccc(C[C@H](CC(=O)C2CCC(CNC(=O)OC(C)(C)C)CC2)C(=O)Nc2ccc(C3=NCN=N3)cc2)cc1.O=C(O)C(F)(F)F. The quantitative estimate of drug-likeness (QED) is 0.0995. The molecule has 0 bridgehead atoms. The van der Waals surface area contributed by atoms with E-state index >= 15 is 0 Å². The van der Waals surface area contributed by atoms with Gasteiger partial charge in [-0.25, -0.2) is 14.6 Å². The number of hydrogen-bond donors (Lipinski definition) is 3. The van der Waals surface area contributed by atoms with E-state index in [0.717, 1.165) is 40.7 Å². The van der Waals surface area contributed by atoms with Gasteiger partial charge in [-0.1, -0.05) is 36.4 Å². The monoisotopic (exact) mass is 956 g/mol. The van der Waals surface area contributed by atoms with Gasteiger partial charge in [0.1, 0.15) is 11.4 Å². The molecule has 2 aliphatic heterocycles. The van der Waals surface area contributed by atoms with Crippen LogP contribution in [0.5, 0.6) is 0 Å². The zero-order valence-corrected chi connectivity index (χ0v) is 38.5. The molecule has 3 N–H and O–H groups in total. The third kappa shape index (κ3) is 17.0. The van der Waals surface area contributed by atoms with Crippen molar-refractivity contribution in [3.05, 3.63) is 89.0 Å². The zero-order valence-electron chi connectivity index (χ0n) is 38.5. The second-order valence-corrected chi connectivity index (χ2v) is 18.6. The Kier molecular flexibility index (Phi) is 18.2. The van der Waals surface area contributed by atoms with Gasteiger partial charge in [-0.15, -0.1) is 5.11 Å². The third-order valence-corrected chi connectivity index (χ3v) is 12.0. The molecule has 1 atom stereocenters. The molecule has 3 aromatic carbocycles. The Morgan fingerprint density at radius 3 is 1.99 bits per heavy atom. The highest BCUT2D eigenvalue weighted by Gasteiger charge is 2.38. The number of benzene rings is 3. The normalized spacial score (nSPS) is 18.4. The van der Waals surface area contributed by atoms with E-state index in [0.29, 0.717) is 81.9 Å². The van der Waals surface area contributed by atoms with Gasteiger partial charge < -0.3 is 20.5 Å². The minimum atomic E-state index is -5.08. The molecule has 2 heterocycles. The van der Waals surface area contributed by atoms with Crippen molar-refractivity contribution in [2.45, 2.75) is 103 Å². The van der Waals surface area contributed by atoms with Gasteiger partial charge in [-0.2, -0.15) is 31.5 Å². The number of nitrogens with zero attached hydrogens (tertiary/aromatic N) is 4. The van der Waals surface area contributed by atoms with Crippen molar-refractivity contribution in [1.29, 1.82) is 0 Å². The van der Waals surface area contributed by atoms with Gasteiger partial charge >= 0.3 is 24.4 Å². The van der Waals surface area contributed by atoms with Gasteiger partial charge in [0.15, 0.2) is 18.3 Å². The molecule has 19 heteroatoms. The van der Waals surface area contributed by atoms with Crippen molar-refractivity contribution in [3.63, 3.8) is 0 Å². The number of nitrogens with one attached hydrogen (secondary N) is 2. The van der Waals surface area contributed by atoms with E-state index in [4.69, 9.17) is 14.6 Å². The van der Waals surface area contributed by atoms with E-state index in [1.807, 2.05) is 82.3 Å². The number of likely N-dealkylation sites (tertiary alicyclic amines) is 1. The highest BCUT2D eigenvalue weighted by molar-refractivity contribution is 6.01. The summed E-state index contributed by atoms with van der Waals surface area (Å²) in [5, 5.41) is 20.9. The summed E-state index contributed by atoms with van der Waals surface area (Å²) in [7, 11) is 0. The van der Waals surface area contributed by atoms with E-state index in [-0.39, 0.29) is 41.6 Å². The number of ketones is 2. The number of aliphatic carboxylic acids is 1. The number of azo groups is 1. The zero-order chi connectivity index (χ0) is 49.8. The number of anilines is 1. The maximum absolute atomic E-state index is 13.9. The lowest BCUT2D eigenvalue weighted by molar-refractivity contribution is -0.192. The van der Waals surface area contributed by atoms with Gasteiger partial charge in [0.25, 0.3) is 0 Å². The van der Waals surface area contributed by atoms with Crippen molar-refractivity contribution in [1.82, 2.24) is 10.2 Å². The summed E-state index contributed by atoms with van der Waals surface area (Å²) in [6.45, 7) is 7.97. The number of carboxylic acids is 1. The van der Waals surface area contributed by atoms with Crippen molar-refractivity contribution < 1.29 is 60.2 Å². The lowest BCUT2D eigenvalue weighted by atomic mass is 9.77. The summed E-state index contributed by atoms with van der Waals surface area (Å²) in [5.41, 5.74) is 5.13. The molecular formula is C49H58F6N6O7. The highest BCUT2D eigenvalue weighted by Crippen LogP contribution is 2.33. The molecule has 3 aliphatic rings. The maximum atomic E-state index is 13.9. The van der Waals surface area contributed by atoms with E-state index in [1.54, 1.807) is 12.1 Å². The topological polar surface area (TPSA) is 179 Å². The van der Waals surface area contributed by atoms with Crippen molar-refractivity contribution >= 4 is 41.1 Å². The molecule has 2 fully saturated rings. The Morgan fingerprint density at radius 1 is 0.824 bits per heavy atom. The van der Waals surface area contributed by atoms with Gasteiger partial charge in [-0.3, -0.25) is 19.3 Å². The minimum Gasteiger partial charge on any atom is -0.475 e. The van der Waals surface area contributed by atoms with Crippen LogP contribution in [0.1, 0.15) is 99.2 Å². The second kappa shape index (κ2) is 23.4. The summed E-state index contributed by atoms with van der Waals surface area (Å²) in [6.07, 6.45) is -4.88. The smallest absolute Gasteiger partial charge is 0.475 e. The fraction of sp³-hybridized carbons (Fsp3) is 0.510. The average Bonchev–Trinajstić information content (AvgIpc) is 3.81. The van der Waals surface area contributed by atoms with Gasteiger partial charge in [-0.05, 0) is 150 Å². The third-order valence-electron chi connectivity index (χ3n) is 12.0. The lowest BCUT2D eigenvalue weighted by Gasteiger charge is -2.32. The molecule has 13 nitrogen and oxygen atoms in total. The Morgan fingerprint density at radius 2 is 1.44 bits per heavy atom.